The quantitative estimate of drug-likeness (QED) is 0.446. The van der Waals surface area contributed by atoms with Crippen molar-refractivity contribution in [3.8, 4) is 0 Å². The van der Waals surface area contributed by atoms with E-state index in [1.807, 2.05) is 0 Å². The van der Waals surface area contributed by atoms with Crippen molar-refractivity contribution >= 4 is 11.6 Å². The number of hydrogen-bond donors (Lipinski definition) is 1. The van der Waals surface area contributed by atoms with Crippen LogP contribution in [0.5, 0.6) is 0 Å². The first-order valence-corrected chi connectivity index (χ1v) is 10.2. The summed E-state index contributed by atoms with van der Waals surface area (Å²) in [5.74, 6) is 0.361. The number of benzene rings is 1. The van der Waals surface area contributed by atoms with Crippen LogP contribution < -0.4 is 11.2 Å². The van der Waals surface area contributed by atoms with Crippen molar-refractivity contribution in [2.75, 3.05) is 0 Å². The smallest absolute Gasteiger partial charge is 0.331 e. The fourth-order valence-corrected chi connectivity index (χ4v) is 3.48. The second kappa shape index (κ2) is 8.93. The van der Waals surface area contributed by atoms with E-state index in [4.69, 9.17) is 16.1 Å². The largest absolute Gasteiger partial charge is 0.388 e. The predicted octanol–water partition coefficient (Wildman–Crippen LogP) is 1.46. The molecule has 10 nitrogen and oxygen atoms in total. The maximum absolute atomic E-state index is 12.9. The van der Waals surface area contributed by atoms with Gasteiger partial charge in [-0.25, -0.2) is 4.79 Å². The zero-order valence-electron chi connectivity index (χ0n) is 17.5. The summed E-state index contributed by atoms with van der Waals surface area (Å²) in [7, 11) is 1.79. The minimum absolute atomic E-state index is 0.0982. The van der Waals surface area contributed by atoms with Crippen molar-refractivity contribution in [2.24, 2.45) is 7.05 Å². The predicted molar refractivity (Wildman–Crippen MR) is 116 cm³/mol. The van der Waals surface area contributed by atoms with Gasteiger partial charge < -0.3 is 9.63 Å². The molecule has 4 aromatic rings. The topological polar surface area (TPSA) is 121 Å². The Morgan fingerprint density at radius 3 is 2.59 bits per heavy atom. The summed E-state index contributed by atoms with van der Waals surface area (Å²) in [6, 6.07) is 6.79. The van der Waals surface area contributed by atoms with Crippen LogP contribution in [0.2, 0.25) is 5.02 Å². The van der Waals surface area contributed by atoms with Crippen LogP contribution in [-0.4, -0.2) is 34.2 Å². The monoisotopic (exact) mass is 456 g/mol. The highest BCUT2D eigenvalue weighted by Crippen LogP contribution is 2.19. The lowest BCUT2D eigenvalue weighted by molar-refractivity contribution is 0.174. The molecule has 166 valence electrons. The maximum Gasteiger partial charge on any atom is 0.331 e. The SMILES string of the molecule is Cc1cn(Cc2cnn(C)c2)c(=O)n(Cc2nc(C[C@H](O)c3ccc(Cl)cc3)no2)c1=O. The van der Waals surface area contributed by atoms with Gasteiger partial charge in [0.2, 0.25) is 5.89 Å². The summed E-state index contributed by atoms with van der Waals surface area (Å²) in [6.07, 6.45) is 4.24. The van der Waals surface area contributed by atoms with E-state index in [-0.39, 0.29) is 31.2 Å². The second-order valence-electron chi connectivity index (χ2n) is 7.51. The Kier molecular flexibility index (Phi) is 6.06. The Morgan fingerprint density at radius 2 is 1.91 bits per heavy atom. The molecule has 3 aromatic heterocycles. The highest BCUT2D eigenvalue weighted by atomic mass is 35.5. The number of nitrogens with zero attached hydrogens (tertiary/aromatic N) is 6. The summed E-state index contributed by atoms with van der Waals surface area (Å²) < 4.78 is 9.36. The molecule has 0 fully saturated rings. The van der Waals surface area contributed by atoms with Crippen LogP contribution in [0.15, 0.2) is 57.0 Å². The van der Waals surface area contributed by atoms with Gasteiger partial charge in [-0.3, -0.25) is 18.6 Å². The van der Waals surface area contributed by atoms with Crippen molar-refractivity contribution in [3.63, 3.8) is 0 Å². The van der Waals surface area contributed by atoms with Crippen LogP contribution >= 0.6 is 11.6 Å². The lowest BCUT2D eigenvalue weighted by atomic mass is 10.1. The molecule has 1 atom stereocenters. The summed E-state index contributed by atoms with van der Waals surface area (Å²) in [4.78, 5) is 29.7. The molecule has 1 aromatic carbocycles. The minimum Gasteiger partial charge on any atom is -0.388 e. The van der Waals surface area contributed by atoms with Crippen molar-refractivity contribution in [3.05, 3.63) is 97.1 Å². The summed E-state index contributed by atoms with van der Waals surface area (Å²) >= 11 is 5.87. The average Bonchev–Trinajstić information content (AvgIpc) is 3.38. The summed E-state index contributed by atoms with van der Waals surface area (Å²) in [6.45, 7) is 1.74. The van der Waals surface area contributed by atoms with Gasteiger partial charge in [-0.1, -0.05) is 28.9 Å². The molecule has 0 amide bonds. The van der Waals surface area contributed by atoms with Crippen molar-refractivity contribution < 1.29 is 9.63 Å². The summed E-state index contributed by atoms with van der Waals surface area (Å²) in [5.41, 5.74) is 0.972. The lowest BCUT2D eigenvalue weighted by Gasteiger charge is -2.09. The van der Waals surface area contributed by atoms with E-state index in [9.17, 15) is 14.7 Å². The lowest BCUT2D eigenvalue weighted by Crippen LogP contribution is -2.41. The Hall–Kier alpha value is -3.50. The molecule has 0 spiro atoms. The molecule has 0 bridgehead atoms. The molecule has 0 saturated carbocycles. The van der Waals surface area contributed by atoms with Gasteiger partial charge in [0.1, 0.15) is 6.54 Å². The van der Waals surface area contributed by atoms with Crippen LogP contribution in [0.3, 0.4) is 0 Å². The van der Waals surface area contributed by atoms with Gasteiger partial charge in [0, 0.05) is 42.0 Å². The number of halogens is 1. The van der Waals surface area contributed by atoms with Gasteiger partial charge in [-0.2, -0.15) is 10.1 Å². The van der Waals surface area contributed by atoms with E-state index >= 15 is 0 Å². The van der Waals surface area contributed by atoms with E-state index in [0.29, 0.717) is 16.1 Å². The Balaban J connectivity index is 1.54. The fraction of sp³-hybridized carbons (Fsp3) is 0.286. The third kappa shape index (κ3) is 4.71. The second-order valence-corrected chi connectivity index (χ2v) is 7.95. The highest BCUT2D eigenvalue weighted by molar-refractivity contribution is 6.30. The van der Waals surface area contributed by atoms with E-state index in [2.05, 4.69) is 15.2 Å². The Labute approximate surface area is 187 Å². The molecule has 0 aliphatic rings. The van der Waals surface area contributed by atoms with Gasteiger partial charge >= 0.3 is 5.69 Å². The van der Waals surface area contributed by atoms with Crippen LogP contribution in [0.1, 0.15) is 34.5 Å². The average molecular weight is 457 g/mol. The van der Waals surface area contributed by atoms with Gasteiger partial charge in [0.15, 0.2) is 5.82 Å². The first kappa shape index (κ1) is 21.7. The third-order valence-corrected chi connectivity index (χ3v) is 5.21. The van der Waals surface area contributed by atoms with E-state index < -0.39 is 17.4 Å². The Bertz CT molecular complexity index is 1350. The normalized spacial score (nSPS) is 12.2. The number of aliphatic hydroxyl groups excluding tert-OH is 1. The molecule has 0 aliphatic carbocycles. The molecule has 0 aliphatic heterocycles. The molecule has 0 unspecified atom stereocenters. The maximum atomic E-state index is 12.9. The molecule has 3 heterocycles. The van der Waals surface area contributed by atoms with E-state index in [1.165, 1.54) is 10.8 Å². The number of hydrogen-bond acceptors (Lipinski definition) is 7. The number of rotatable bonds is 7. The zero-order chi connectivity index (χ0) is 22.8. The van der Waals surface area contributed by atoms with Gasteiger partial charge in [0.05, 0.1) is 18.8 Å². The van der Waals surface area contributed by atoms with Crippen LogP contribution in [0.4, 0.5) is 0 Å². The van der Waals surface area contributed by atoms with Crippen LogP contribution in [0.25, 0.3) is 0 Å². The summed E-state index contributed by atoms with van der Waals surface area (Å²) in [5, 5.41) is 18.9. The van der Waals surface area contributed by atoms with Gasteiger partial charge in [-0.05, 0) is 24.6 Å². The molecule has 11 heteroatoms. The molecule has 32 heavy (non-hydrogen) atoms. The van der Waals surface area contributed by atoms with Gasteiger partial charge in [0.25, 0.3) is 5.56 Å². The van der Waals surface area contributed by atoms with Crippen molar-refractivity contribution in [2.45, 2.75) is 32.5 Å². The van der Waals surface area contributed by atoms with E-state index in [1.54, 1.807) is 55.3 Å². The van der Waals surface area contributed by atoms with Crippen molar-refractivity contribution in [1.82, 2.24) is 29.1 Å². The molecule has 0 radical (unpaired) electrons. The molecular formula is C21H21ClN6O4. The minimum atomic E-state index is -0.851. The third-order valence-electron chi connectivity index (χ3n) is 4.95. The number of aromatic nitrogens is 6. The molecule has 4 rings (SSSR count). The zero-order valence-corrected chi connectivity index (χ0v) is 18.2. The Morgan fingerprint density at radius 1 is 1.16 bits per heavy atom. The molecule has 1 N–H and O–H groups in total. The van der Waals surface area contributed by atoms with Crippen LogP contribution in [0, 0.1) is 6.92 Å². The first-order valence-electron chi connectivity index (χ1n) is 9.83. The first-order chi connectivity index (χ1) is 15.3. The number of aliphatic hydroxyl groups is 1. The highest BCUT2D eigenvalue weighted by Gasteiger charge is 2.17. The standard InChI is InChI=1S/C21H21ClN6O4/c1-13-9-27(11-14-8-23-26(2)10-14)21(31)28(20(13)30)12-19-24-18(25-32-19)7-17(29)15-3-5-16(22)6-4-15/h3-6,8-10,17,29H,7,11-12H2,1-2H3/t17-/m0/s1. The fourth-order valence-electron chi connectivity index (χ4n) is 3.35. The van der Waals surface area contributed by atoms with Crippen molar-refractivity contribution in [1.29, 1.82) is 0 Å². The number of aryl methyl sites for hydroxylation is 2. The molecular weight excluding hydrogens is 436 g/mol. The molecule has 0 saturated heterocycles. The van der Waals surface area contributed by atoms with Crippen LogP contribution in [-0.2, 0) is 26.6 Å². The van der Waals surface area contributed by atoms with Gasteiger partial charge in [-0.15, -0.1) is 0 Å². The van der Waals surface area contributed by atoms with E-state index in [0.717, 1.165) is 10.1 Å².